The number of aromatic amines is 3. The molecule has 1 saturated heterocycles. The van der Waals surface area contributed by atoms with Gasteiger partial charge in [0.05, 0.1) is 31.1 Å². The lowest BCUT2D eigenvalue weighted by atomic mass is 9.85. The van der Waals surface area contributed by atoms with Gasteiger partial charge in [-0.25, -0.2) is 24.5 Å². The number of amides is 7. The fraction of sp³-hybridized carbons (Fsp3) is 0.582. The van der Waals surface area contributed by atoms with Crippen molar-refractivity contribution in [2.75, 3.05) is 6.54 Å². The van der Waals surface area contributed by atoms with Crippen LogP contribution in [0.15, 0.2) is 67.9 Å². The van der Waals surface area contributed by atoms with E-state index in [0.717, 1.165) is 0 Å². The topological polar surface area (TPSA) is 348 Å². The third-order valence-electron chi connectivity index (χ3n) is 13.9. The lowest BCUT2D eigenvalue weighted by Crippen LogP contribution is -2.60. The number of hydrogen-bond donors (Lipinski definition) is 11. The second-order valence-electron chi connectivity index (χ2n) is 22.2. The van der Waals surface area contributed by atoms with Gasteiger partial charge in [-0.2, -0.15) is 0 Å². The highest BCUT2D eigenvalue weighted by atomic mass is 16.6. The van der Waals surface area contributed by atoms with Crippen molar-refractivity contribution in [3.8, 4) is 0 Å². The molecule has 0 saturated carbocycles. The highest BCUT2D eigenvalue weighted by Gasteiger charge is 2.41. The van der Waals surface area contributed by atoms with Gasteiger partial charge in [0.2, 0.25) is 35.4 Å². The van der Waals surface area contributed by atoms with Gasteiger partial charge in [0, 0.05) is 73.8 Å². The van der Waals surface area contributed by atoms with Gasteiger partial charge in [-0.1, -0.05) is 78.3 Å². The van der Waals surface area contributed by atoms with Crippen LogP contribution in [-0.4, -0.2) is 153 Å². The summed E-state index contributed by atoms with van der Waals surface area (Å²) in [7, 11) is 0. The number of aliphatic carboxylic acids is 1. The number of imidazole rings is 3. The Morgan fingerprint density at radius 2 is 1.23 bits per heavy atom. The largest absolute Gasteiger partial charge is 0.480 e. The summed E-state index contributed by atoms with van der Waals surface area (Å²) in [5.74, 6) is -6.78. The molecule has 5 rings (SSSR count). The maximum atomic E-state index is 14.7. The van der Waals surface area contributed by atoms with Crippen LogP contribution in [0.4, 0.5) is 4.79 Å². The van der Waals surface area contributed by atoms with Crippen molar-refractivity contribution in [3.63, 3.8) is 0 Å². The summed E-state index contributed by atoms with van der Waals surface area (Å²) in [6.45, 7) is 16.3. The van der Waals surface area contributed by atoms with Crippen molar-refractivity contribution in [1.29, 1.82) is 0 Å². The van der Waals surface area contributed by atoms with E-state index in [0.29, 0.717) is 35.5 Å². The highest BCUT2D eigenvalue weighted by Crippen LogP contribution is 2.24. The van der Waals surface area contributed by atoms with Gasteiger partial charge in [-0.3, -0.25) is 28.8 Å². The van der Waals surface area contributed by atoms with E-state index in [4.69, 9.17) is 4.74 Å². The SMILES string of the molecule is CC[C@H](C)[C@H](NC(=O)[C@@H](CC(O)[C@H](CC(C)C)NC(=O)[C@H](Cc1cnc[nH]1)NC(=O)[C@H](Cc1ccccc1)NC(=O)[C@@H]1CCCN1C(=O)[C@H](Cc1cnc[nH]1)NC(=O)OC(C)(C)C)C(C)C)C(=O)N[C@@H](Cc1cnc[nH]1)C(=O)O. The lowest BCUT2D eigenvalue weighted by Gasteiger charge is -2.33. The minimum atomic E-state index is -1.32. The number of aliphatic hydroxyl groups is 1. The molecular weight excluding hydrogens is 1020 g/mol. The van der Waals surface area contributed by atoms with Crippen molar-refractivity contribution in [1.82, 2.24) is 66.7 Å². The predicted octanol–water partition coefficient (Wildman–Crippen LogP) is 2.63. The summed E-state index contributed by atoms with van der Waals surface area (Å²) in [4.78, 5) is 134. The van der Waals surface area contributed by atoms with E-state index in [1.807, 2.05) is 20.8 Å². The van der Waals surface area contributed by atoms with Crippen LogP contribution in [0, 0.1) is 23.7 Å². The molecule has 0 bridgehead atoms. The highest BCUT2D eigenvalue weighted by molar-refractivity contribution is 5.96. The Hall–Kier alpha value is -7.63. The molecular formula is C55H81N13O11. The Labute approximate surface area is 461 Å². The van der Waals surface area contributed by atoms with Crippen molar-refractivity contribution in [3.05, 3.63) is 90.5 Å². The average molecular weight is 1100 g/mol. The first-order chi connectivity index (χ1) is 37.4. The van der Waals surface area contributed by atoms with Gasteiger partial charge in [0.25, 0.3) is 0 Å². The molecule has 4 aromatic rings. The van der Waals surface area contributed by atoms with Crippen LogP contribution in [0.2, 0.25) is 0 Å². The molecule has 0 radical (unpaired) electrons. The predicted molar refractivity (Wildman–Crippen MR) is 290 cm³/mol. The van der Waals surface area contributed by atoms with Crippen LogP contribution in [-0.2, 0) is 64.0 Å². The van der Waals surface area contributed by atoms with Crippen LogP contribution >= 0.6 is 0 Å². The number of hydrogen-bond acceptors (Lipinski definition) is 13. The number of carboxylic acid groups (broad SMARTS) is 1. The average Bonchev–Trinajstić information content (AvgIpc) is 4.28. The monoisotopic (exact) mass is 1100 g/mol. The van der Waals surface area contributed by atoms with Crippen molar-refractivity contribution in [2.24, 2.45) is 23.7 Å². The van der Waals surface area contributed by atoms with Crippen LogP contribution < -0.4 is 31.9 Å². The molecule has 1 aromatic carbocycles. The van der Waals surface area contributed by atoms with Crippen molar-refractivity contribution in [2.45, 2.75) is 174 Å². The molecule has 432 valence electrons. The Morgan fingerprint density at radius 1 is 0.684 bits per heavy atom. The van der Waals surface area contributed by atoms with Gasteiger partial charge in [0.15, 0.2) is 0 Å². The van der Waals surface area contributed by atoms with Crippen LogP contribution in [0.5, 0.6) is 0 Å². The van der Waals surface area contributed by atoms with Gasteiger partial charge in [-0.05, 0) is 69.8 Å². The van der Waals surface area contributed by atoms with E-state index in [1.54, 1.807) is 71.9 Å². The molecule has 1 fully saturated rings. The number of nitrogens with zero attached hydrogens (tertiary/aromatic N) is 4. The number of H-pyrrole nitrogens is 3. The standard InChI is InChI=1S/C55H81N13O11/c1-10-33(6)46(51(74)65-43(53(76)77)23-37-27-58-30-61-37)67-47(70)38(32(4)5)24-45(69)39(19-31(2)3)62-49(72)41(21-35-25-56-28-59-35)63-48(71)40(20-34-15-12-11-13-16-34)64-50(73)44-17-14-18-68(44)52(75)42(22-36-26-57-29-60-36)66-54(78)79-55(7,8)9/h11-13,15-16,25-33,38-46,69H,10,14,17-24H2,1-9H3,(H,56,59)(H,57,60)(H,58,61)(H,62,72)(H,63,71)(H,64,73)(H,65,74)(H,66,78)(H,67,70)(H,76,77)/t33-,38-,39-,40-,41-,42-,43-,44-,45?,46-/m0/s1. The maximum absolute atomic E-state index is 14.7. The Bertz CT molecular complexity index is 2590. The Balaban J connectivity index is 1.35. The van der Waals surface area contributed by atoms with E-state index in [9.17, 15) is 48.6 Å². The number of ether oxygens (including phenoxy) is 1. The molecule has 0 aliphatic carbocycles. The summed E-state index contributed by atoms with van der Waals surface area (Å²) < 4.78 is 5.47. The van der Waals surface area contributed by atoms with Gasteiger partial charge < -0.3 is 66.7 Å². The molecule has 7 amide bonds. The number of aromatic nitrogens is 6. The second-order valence-corrected chi connectivity index (χ2v) is 22.2. The summed E-state index contributed by atoms with van der Waals surface area (Å²) >= 11 is 0. The summed E-state index contributed by atoms with van der Waals surface area (Å²) in [6.07, 6.45) is 7.79. The first-order valence-corrected chi connectivity index (χ1v) is 27.1. The van der Waals surface area contributed by atoms with Crippen LogP contribution in [0.25, 0.3) is 0 Å². The zero-order valence-corrected chi connectivity index (χ0v) is 46.7. The number of nitrogens with one attached hydrogen (secondary N) is 9. The van der Waals surface area contributed by atoms with Crippen LogP contribution in [0.3, 0.4) is 0 Å². The van der Waals surface area contributed by atoms with Gasteiger partial charge in [0.1, 0.15) is 41.9 Å². The quantitative estimate of drug-likeness (QED) is 0.0373. The molecule has 10 atom stereocenters. The first-order valence-electron chi connectivity index (χ1n) is 27.1. The molecule has 3 aromatic heterocycles. The molecule has 1 aliphatic rings. The summed E-state index contributed by atoms with van der Waals surface area (Å²) in [6, 6.07) is 0.851. The first kappa shape index (κ1) is 62.2. The number of carboxylic acids is 1. The van der Waals surface area contributed by atoms with Crippen LogP contribution in [0.1, 0.15) is 117 Å². The maximum Gasteiger partial charge on any atom is 0.408 e. The summed E-state index contributed by atoms with van der Waals surface area (Å²) in [5, 5.41) is 38.8. The molecule has 24 nitrogen and oxygen atoms in total. The number of benzene rings is 1. The zero-order chi connectivity index (χ0) is 58.0. The fourth-order valence-electron chi connectivity index (χ4n) is 9.44. The van der Waals surface area contributed by atoms with Crippen molar-refractivity contribution >= 4 is 47.5 Å². The fourth-order valence-corrected chi connectivity index (χ4v) is 9.44. The smallest absolute Gasteiger partial charge is 0.408 e. The van der Waals surface area contributed by atoms with Gasteiger partial charge in [-0.15, -0.1) is 0 Å². The lowest BCUT2D eigenvalue weighted by molar-refractivity contribution is -0.142. The van der Waals surface area contributed by atoms with E-state index in [1.165, 1.54) is 42.5 Å². The molecule has 79 heavy (non-hydrogen) atoms. The third-order valence-corrected chi connectivity index (χ3v) is 13.9. The zero-order valence-electron chi connectivity index (χ0n) is 46.7. The molecule has 0 spiro atoms. The van der Waals surface area contributed by atoms with E-state index in [2.05, 4.69) is 61.8 Å². The Kier molecular flexibility index (Phi) is 23.1. The van der Waals surface area contributed by atoms with Crippen molar-refractivity contribution < 1.29 is 53.3 Å². The summed E-state index contributed by atoms with van der Waals surface area (Å²) in [5.41, 5.74) is 1.37. The third kappa shape index (κ3) is 19.4. The number of rotatable bonds is 29. The van der Waals surface area contributed by atoms with E-state index >= 15 is 0 Å². The normalized spacial score (nSPS) is 17.0. The molecule has 11 N–H and O–H groups in total. The minimum absolute atomic E-state index is 0.00164. The molecule has 1 aliphatic heterocycles. The number of carbonyl (C=O) groups is 8. The molecule has 1 unspecified atom stereocenters. The number of aliphatic hydroxyl groups excluding tert-OH is 1. The molecule has 24 heteroatoms. The second kappa shape index (κ2) is 29.4. The minimum Gasteiger partial charge on any atom is -0.480 e. The number of carbonyl (C=O) groups excluding carboxylic acids is 7. The van der Waals surface area contributed by atoms with E-state index in [-0.39, 0.29) is 63.3 Å². The van der Waals surface area contributed by atoms with Gasteiger partial charge >= 0.3 is 12.1 Å². The Morgan fingerprint density at radius 3 is 1.75 bits per heavy atom. The number of likely N-dealkylation sites (tertiary alicyclic amines) is 1. The number of alkyl carbamates (subject to hydrolysis) is 1. The van der Waals surface area contributed by atoms with E-state index < -0.39 is 113 Å². The molecule has 4 heterocycles.